The van der Waals surface area contributed by atoms with Gasteiger partial charge in [0.15, 0.2) is 11.5 Å². The van der Waals surface area contributed by atoms with Crippen molar-refractivity contribution in [3.63, 3.8) is 0 Å². The molecule has 112 valence electrons. The van der Waals surface area contributed by atoms with Crippen LogP contribution in [0, 0.1) is 12.8 Å². The van der Waals surface area contributed by atoms with Crippen LogP contribution in [0.1, 0.15) is 25.3 Å². The number of aryl methyl sites for hydroxylation is 1. The Balaban J connectivity index is 2.09. The molecule has 1 fully saturated rings. The predicted molar refractivity (Wildman–Crippen MR) is 79.4 cm³/mol. The highest BCUT2D eigenvalue weighted by Crippen LogP contribution is 2.40. The second-order valence-corrected chi connectivity index (χ2v) is 5.56. The predicted octanol–water partition coefficient (Wildman–Crippen LogP) is 2.13. The quantitative estimate of drug-likeness (QED) is 0.765. The maximum atomic E-state index is 9.79. The lowest BCUT2D eigenvalue weighted by molar-refractivity contribution is 0.0850. The number of ether oxygens (including phenoxy) is 2. The summed E-state index contributed by atoms with van der Waals surface area (Å²) in [6.07, 6.45) is 2.31. The third kappa shape index (κ3) is 3.25. The molecule has 0 heterocycles. The molecular weight excluding hydrogens is 254 g/mol. The molecule has 0 radical (unpaired) electrons. The Morgan fingerprint density at radius 3 is 2.65 bits per heavy atom. The molecule has 0 aromatic heterocycles. The van der Waals surface area contributed by atoms with E-state index >= 15 is 0 Å². The molecule has 0 bridgehead atoms. The highest BCUT2D eigenvalue weighted by Gasteiger charge is 2.45. The van der Waals surface area contributed by atoms with Crippen LogP contribution in [-0.2, 0) is 0 Å². The van der Waals surface area contributed by atoms with Crippen molar-refractivity contribution in [2.75, 3.05) is 26.9 Å². The number of methoxy groups -OCH3 is 1. The van der Waals surface area contributed by atoms with Crippen LogP contribution in [0.2, 0.25) is 0 Å². The molecule has 1 aliphatic rings. The van der Waals surface area contributed by atoms with Crippen molar-refractivity contribution in [1.82, 2.24) is 5.32 Å². The van der Waals surface area contributed by atoms with Crippen molar-refractivity contribution in [2.24, 2.45) is 5.92 Å². The maximum Gasteiger partial charge on any atom is 0.161 e. The number of rotatable bonds is 8. The zero-order valence-electron chi connectivity index (χ0n) is 12.6. The molecule has 20 heavy (non-hydrogen) atoms. The van der Waals surface area contributed by atoms with E-state index in [1.165, 1.54) is 0 Å². The van der Waals surface area contributed by atoms with Gasteiger partial charge in [0.05, 0.1) is 19.3 Å². The fourth-order valence-electron chi connectivity index (χ4n) is 2.63. The van der Waals surface area contributed by atoms with Gasteiger partial charge in [-0.15, -0.1) is 0 Å². The van der Waals surface area contributed by atoms with Crippen molar-refractivity contribution in [1.29, 1.82) is 0 Å². The van der Waals surface area contributed by atoms with Crippen molar-refractivity contribution in [3.8, 4) is 11.5 Å². The van der Waals surface area contributed by atoms with Gasteiger partial charge in [0.1, 0.15) is 6.61 Å². The van der Waals surface area contributed by atoms with Crippen LogP contribution in [0.15, 0.2) is 18.2 Å². The summed E-state index contributed by atoms with van der Waals surface area (Å²) in [7, 11) is 1.64. The molecule has 1 atom stereocenters. The van der Waals surface area contributed by atoms with Crippen molar-refractivity contribution in [2.45, 2.75) is 32.2 Å². The van der Waals surface area contributed by atoms with Gasteiger partial charge in [-0.05, 0) is 49.9 Å². The van der Waals surface area contributed by atoms with E-state index in [9.17, 15) is 5.11 Å². The minimum absolute atomic E-state index is 0.0969. The van der Waals surface area contributed by atoms with E-state index in [0.29, 0.717) is 12.5 Å². The van der Waals surface area contributed by atoms with Gasteiger partial charge in [-0.2, -0.15) is 0 Å². The van der Waals surface area contributed by atoms with Gasteiger partial charge in [-0.3, -0.25) is 0 Å². The van der Waals surface area contributed by atoms with Crippen LogP contribution >= 0.6 is 0 Å². The highest BCUT2D eigenvalue weighted by molar-refractivity contribution is 5.42. The zero-order valence-corrected chi connectivity index (χ0v) is 12.6. The second kappa shape index (κ2) is 6.46. The third-order valence-electron chi connectivity index (χ3n) is 3.97. The summed E-state index contributed by atoms with van der Waals surface area (Å²) >= 11 is 0. The molecule has 2 N–H and O–H groups in total. The van der Waals surface area contributed by atoms with Crippen molar-refractivity contribution < 1.29 is 14.6 Å². The maximum absolute atomic E-state index is 9.79. The van der Waals surface area contributed by atoms with Crippen molar-refractivity contribution >= 4 is 0 Å². The Hall–Kier alpha value is -1.26. The minimum atomic E-state index is -0.329. The smallest absolute Gasteiger partial charge is 0.161 e. The SMILES string of the molecule is CCNC(CO)(COc1ccc(C)cc1OC)C1CC1. The van der Waals surface area contributed by atoms with E-state index in [1.807, 2.05) is 25.1 Å². The lowest BCUT2D eigenvalue weighted by atomic mass is 9.95. The summed E-state index contributed by atoms with van der Waals surface area (Å²) < 4.78 is 11.3. The van der Waals surface area contributed by atoms with E-state index in [2.05, 4.69) is 12.2 Å². The first-order valence-electron chi connectivity index (χ1n) is 7.28. The first-order chi connectivity index (χ1) is 9.65. The van der Waals surface area contributed by atoms with Crippen LogP contribution in [-0.4, -0.2) is 37.5 Å². The van der Waals surface area contributed by atoms with Crippen LogP contribution in [0.25, 0.3) is 0 Å². The number of likely N-dealkylation sites (N-methyl/N-ethyl adjacent to an activating group) is 1. The summed E-state index contributed by atoms with van der Waals surface area (Å²) in [6, 6.07) is 5.89. The van der Waals surface area contributed by atoms with E-state index in [-0.39, 0.29) is 12.1 Å². The minimum Gasteiger partial charge on any atom is -0.493 e. The van der Waals surface area contributed by atoms with Gasteiger partial charge in [-0.25, -0.2) is 0 Å². The van der Waals surface area contributed by atoms with E-state index < -0.39 is 0 Å². The lowest BCUT2D eigenvalue weighted by Gasteiger charge is -2.33. The normalized spacial score (nSPS) is 17.6. The number of hydrogen-bond acceptors (Lipinski definition) is 4. The molecule has 1 aromatic carbocycles. The van der Waals surface area contributed by atoms with Gasteiger partial charge in [0, 0.05) is 0 Å². The molecule has 0 saturated heterocycles. The first kappa shape index (κ1) is 15.1. The average Bonchev–Trinajstić information content (AvgIpc) is 3.29. The molecule has 0 amide bonds. The summed E-state index contributed by atoms with van der Waals surface area (Å²) in [5, 5.41) is 13.2. The summed E-state index contributed by atoms with van der Waals surface area (Å²) in [5.41, 5.74) is 0.807. The monoisotopic (exact) mass is 279 g/mol. The molecule has 0 aliphatic heterocycles. The Morgan fingerprint density at radius 2 is 2.10 bits per heavy atom. The molecule has 4 nitrogen and oxygen atoms in total. The van der Waals surface area contributed by atoms with Crippen molar-refractivity contribution in [3.05, 3.63) is 23.8 Å². The number of aliphatic hydroxyl groups is 1. The summed E-state index contributed by atoms with van der Waals surface area (Å²) in [4.78, 5) is 0. The Morgan fingerprint density at radius 1 is 1.35 bits per heavy atom. The van der Waals surface area contributed by atoms with E-state index in [0.717, 1.165) is 36.4 Å². The second-order valence-electron chi connectivity index (χ2n) is 5.56. The Kier molecular flexibility index (Phi) is 4.89. The van der Waals surface area contributed by atoms with Gasteiger partial charge in [0.2, 0.25) is 0 Å². The topological polar surface area (TPSA) is 50.7 Å². The van der Waals surface area contributed by atoms with E-state index in [4.69, 9.17) is 9.47 Å². The Bertz CT molecular complexity index is 445. The Labute approximate surface area is 121 Å². The van der Waals surface area contributed by atoms with Gasteiger partial charge < -0.3 is 19.9 Å². The fraction of sp³-hybridized carbons (Fsp3) is 0.625. The molecule has 1 aliphatic carbocycles. The molecule has 4 heteroatoms. The third-order valence-corrected chi connectivity index (χ3v) is 3.97. The molecule has 1 unspecified atom stereocenters. The summed E-state index contributed by atoms with van der Waals surface area (Å²) in [6.45, 7) is 5.46. The van der Waals surface area contributed by atoms with Crippen LogP contribution < -0.4 is 14.8 Å². The van der Waals surface area contributed by atoms with Crippen LogP contribution in [0.5, 0.6) is 11.5 Å². The molecule has 1 saturated carbocycles. The number of aliphatic hydroxyl groups excluding tert-OH is 1. The van der Waals surface area contributed by atoms with Crippen LogP contribution in [0.4, 0.5) is 0 Å². The highest BCUT2D eigenvalue weighted by atomic mass is 16.5. The first-order valence-corrected chi connectivity index (χ1v) is 7.28. The lowest BCUT2D eigenvalue weighted by Crippen LogP contribution is -2.55. The number of hydrogen-bond donors (Lipinski definition) is 2. The van der Waals surface area contributed by atoms with Crippen LogP contribution in [0.3, 0.4) is 0 Å². The number of benzene rings is 1. The molecule has 1 aromatic rings. The summed E-state index contributed by atoms with van der Waals surface area (Å²) in [5.74, 6) is 1.97. The molecule has 2 rings (SSSR count). The molecular formula is C16H25NO3. The standard InChI is InChI=1S/C16H25NO3/c1-4-17-16(10-18,13-6-7-13)11-20-14-8-5-12(2)9-15(14)19-3/h5,8-9,13,17-18H,4,6-7,10-11H2,1-3H3. The number of nitrogens with one attached hydrogen (secondary N) is 1. The van der Waals surface area contributed by atoms with E-state index in [1.54, 1.807) is 7.11 Å². The average molecular weight is 279 g/mol. The molecule has 0 spiro atoms. The van der Waals surface area contributed by atoms with Gasteiger partial charge >= 0.3 is 0 Å². The largest absolute Gasteiger partial charge is 0.493 e. The zero-order chi connectivity index (χ0) is 14.6. The fourth-order valence-corrected chi connectivity index (χ4v) is 2.63. The van der Waals surface area contributed by atoms with Gasteiger partial charge in [0.25, 0.3) is 0 Å². The van der Waals surface area contributed by atoms with Gasteiger partial charge in [-0.1, -0.05) is 13.0 Å².